The zero-order valence-electron chi connectivity index (χ0n) is 23.1. The second-order valence-electron chi connectivity index (χ2n) is 13.0. The molecule has 0 unspecified atom stereocenters. The monoisotopic (exact) mass is 531 g/mol. The zero-order chi connectivity index (χ0) is 27.1. The Balaban J connectivity index is 1.19. The van der Waals surface area contributed by atoms with E-state index in [1.54, 1.807) is 7.11 Å². The third kappa shape index (κ3) is 5.53. The van der Waals surface area contributed by atoms with Crippen LogP contribution in [0.25, 0.3) is 11.0 Å². The number of ether oxygens (including phenoxy) is 1. The third-order valence-corrected chi connectivity index (χ3v) is 10.3. The number of hydrogen-bond acceptors (Lipinski definition) is 5. The molecule has 7 atom stereocenters. The molecule has 3 aliphatic carbocycles. The quantitative estimate of drug-likeness (QED) is 0.375. The van der Waals surface area contributed by atoms with Crippen molar-refractivity contribution in [2.75, 3.05) is 13.7 Å². The van der Waals surface area contributed by atoms with Gasteiger partial charge in [-0.25, -0.2) is 8.78 Å². The van der Waals surface area contributed by atoms with Crippen LogP contribution >= 0.6 is 0 Å². The van der Waals surface area contributed by atoms with E-state index in [0.29, 0.717) is 23.7 Å². The molecule has 38 heavy (non-hydrogen) atoms. The molecule has 0 spiro atoms. The van der Waals surface area contributed by atoms with Crippen LogP contribution in [0.1, 0.15) is 84.5 Å². The van der Waals surface area contributed by atoms with Gasteiger partial charge < -0.3 is 9.84 Å². The van der Waals surface area contributed by atoms with Crippen molar-refractivity contribution < 1.29 is 23.4 Å². The van der Waals surface area contributed by atoms with Crippen molar-refractivity contribution in [1.29, 1.82) is 0 Å². The lowest BCUT2D eigenvalue weighted by Crippen LogP contribution is -2.46. The van der Waals surface area contributed by atoms with Crippen molar-refractivity contribution >= 4 is 16.8 Å². The van der Waals surface area contributed by atoms with Gasteiger partial charge >= 0.3 is 0 Å². The fourth-order valence-electron chi connectivity index (χ4n) is 8.54. The van der Waals surface area contributed by atoms with Gasteiger partial charge in [0.15, 0.2) is 17.4 Å². The minimum Gasteiger partial charge on any atom is -0.390 e. The van der Waals surface area contributed by atoms with Crippen LogP contribution in [0.2, 0.25) is 0 Å². The maximum absolute atomic E-state index is 13.6. The number of halogens is 2. The van der Waals surface area contributed by atoms with Crippen LogP contribution in [0.15, 0.2) is 12.1 Å². The van der Waals surface area contributed by atoms with Crippen molar-refractivity contribution in [3.8, 4) is 0 Å². The highest BCUT2D eigenvalue weighted by molar-refractivity contribution is 5.82. The Morgan fingerprint density at radius 1 is 1.13 bits per heavy atom. The Kier molecular flexibility index (Phi) is 7.94. The number of rotatable bonds is 10. The molecular formula is C30H43F2N3O3. The van der Waals surface area contributed by atoms with Crippen LogP contribution < -0.4 is 0 Å². The first-order valence-corrected chi connectivity index (χ1v) is 14.5. The van der Waals surface area contributed by atoms with Gasteiger partial charge in [-0.15, -0.1) is 0 Å². The summed E-state index contributed by atoms with van der Waals surface area (Å²) in [6.45, 7) is 5.11. The Bertz CT molecular complexity index is 1110. The predicted octanol–water partition coefficient (Wildman–Crippen LogP) is 6.10. The van der Waals surface area contributed by atoms with Gasteiger partial charge in [-0.1, -0.05) is 13.3 Å². The number of aliphatic hydroxyl groups is 1. The van der Waals surface area contributed by atoms with Crippen LogP contribution in [-0.2, 0) is 16.1 Å². The highest BCUT2D eigenvalue weighted by Crippen LogP contribution is 2.62. The van der Waals surface area contributed by atoms with Gasteiger partial charge in [0.25, 0.3) is 0 Å². The minimum absolute atomic E-state index is 0.0112. The Morgan fingerprint density at radius 3 is 2.53 bits per heavy atom. The van der Waals surface area contributed by atoms with E-state index >= 15 is 0 Å². The standard InChI is InChI=1S/C30H43F2N3O3/c1-29(37,11-4-5-13-38-3)17-19-6-7-21-20(14-19)10-12-30(2)22(21)8-9-23(30)28(36)18-35-33-26-15-24(31)25(32)16-27(26)34-35/h15-16,19-23,37H,4-14,17-18H2,1-3H3/t19-,20-,21-,22+,23-,29-,30+/m1/s1. The number of ketones is 1. The summed E-state index contributed by atoms with van der Waals surface area (Å²) in [5.74, 6) is 0.664. The van der Waals surface area contributed by atoms with E-state index in [1.807, 2.05) is 6.92 Å². The number of carbonyl (C=O) groups is 1. The summed E-state index contributed by atoms with van der Waals surface area (Å²) in [7, 11) is 1.72. The van der Waals surface area contributed by atoms with Gasteiger partial charge in [0.1, 0.15) is 17.6 Å². The van der Waals surface area contributed by atoms with Crippen LogP contribution in [0.5, 0.6) is 0 Å². The van der Waals surface area contributed by atoms with Crippen molar-refractivity contribution in [3.05, 3.63) is 23.8 Å². The van der Waals surface area contributed by atoms with E-state index in [0.717, 1.165) is 76.5 Å². The minimum atomic E-state index is -0.959. The number of carbonyl (C=O) groups excluding carboxylic acids is 1. The molecule has 3 fully saturated rings. The highest BCUT2D eigenvalue weighted by Gasteiger charge is 2.56. The summed E-state index contributed by atoms with van der Waals surface area (Å²) in [6, 6.07) is 2.06. The molecule has 3 saturated carbocycles. The zero-order valence-corrected chi connectivity index (χ0v) is 23.1. The lowest BCUT2D eigenvalue weighted by atomic mass is 9.53. The number of benzene rings is 1. The number of fused-ring (bicyclic) bond motifs is 4. The molecule has 6 nitrogen and oxygen atoms in total. The first-order valence-electron chi connectivity index (χ1n) is 14.5. The fourth-order valence-corrected chi connectivity index (χ4v) is 8.54. The molecule has 210 valence electrons. The Labute approximate surface area is 224 Å². The average Bonchev–Trinajstić information content (AvgIpc) is 3.41. The fraction of sp³-hybridized carbons (Fsp3) is 0.767. The Morgan fingerprint density at radius 2 is 1.84 bits per heavy atom. The van der Waals surface area contributed by atoms with Crippen LogP contribution in [0, 0.1) is 46.6 Å². The van der Waals surface area contributed by atoms with E-state index in [2.05, 4.69) is 17.1 Å². The normalized spacial score (nSPS) is 32.6. The van der Waals surface area contributed by atoms with E-state index in [-0.39, 0.29) is 34.7 Å². The van der Waals surface area contributed by atoms with Crippen LogP contribution in [0.3, 0.4) is 0 Å². The SMILES string of the molecule is COCCCC[C@@](C)(O)C[C@@H]1CC[C@@H]2[C@H](CC[C@]3(C)[C@@H](C(=O)Cn4nc5cc(F)c(F)cc5n4)CC[C@@H]23)C1. The molecule has 1 N–H and O–H groups in total. The lowest BCUT2D eigenvalue weighted by molar-refractivity contribution is -0.130. The first-order chi connectivity index (χ1) is 18.1. The summed E-state index contributed by atoms with van der Waals surface area (Å²) in [4.78, 5) is 14.8. The molecule has 5 rings (SSSR count). The molecule has 0 aliphatic heterocycles. The second kappa shape index (κ2) is 10.9. The molecule has 0 bridgehead atoms. The van der Waals surface area contributed by atoms with Gasteiger partial charge in [0.05, 0.1) is 5.60 Å². The van der Waals surface area contributed by atoms with Crippen LogP contribution in [0.4, 0.5) is 8.78 Å². The summed E-state index contributed by atoms with van der Waals surface area (Å²) in [5.41, 5.74) is -0.0953. The number of methoxy groups -OCH3 is 1. The van der Waals surface area contributed by atoms with Crippen molar-refractivity contribution in [3.63, 3.8) is 0 Å². The number of unbranched alkanes of at least 4 members (excludes halogenated alkanes) is 1. The topological polar surface area (TPSA) is 77.2 Å². The van der Waals surface area contributed by atoms with Crippen molar-refractivity contribution in [2.24, 2.45) is 35.0 Å². The highest BCUT2D eigenvalue weighted by atomic mass is 19.2. The summed E-state index contributed by atoms with van der Waals surface area (Å²) in [6.07, 6.45) is 11.4. The molecule has 0 radical (unpaired) electrons. The lowest BCUT2D eigenvalue weighted by Gasteiger charge is -2.52. The molecule has 8 heteroatoms. The van der Waals surface area contributed by atoms with Gasteiger partial charge in [0, 0.05) is 31.8 Å². The van der Waals surface area contributed by atoms with E-state index in [9.17, 15) is 18.7 Å². The largest absolute Gasteiger partial charge is 0.390 e. The molecule has 2 aromatic rings. The van der Waals surface area contributed by atoms with Gasteiger partial charge in [-0.05, 0) is 100 Å². The van der Waals surface area contributed by atoms with Crippen molar-refractivity contribution in [2.45, 2.75) is 96.6 Å². The first kappa shape index (κ1) is 27.6. The van der Waals surface area contributed by atoms with E-state index in [4.69, 9.17) is 4.74 Å². The Hall–Kier alpha value is -1.93. The van der Waals surface area contributed by atoms with Gasteiger partial charge in [-0.3, -0.25) is 4.79 Å². The molecule has 1 aromatic carbocycles. The van der Waals surface area contributed by atoms with Gasteiger partial charge in [0.2, 0.25) is 0 Å². The second-order valence-corrected chi connectivity index (χ2v) is 13.0. The molecule has 0 amide bonds. The summed E-state index contributed by atoms with van der Waals surface area (Å²) < 4.78 is 32.3. The predicted molar refractivity (Wildman–Crippen MR) is 141 cm³/mol. The maximum atomic E-state index is 13.6. The number of nitrogens with zero attached hydrogens (tertiary/aromatic N) is 3. The smallest absolute Gasteiger partial charge is 0.161 e. The van der Waals surface area contributed by atoms with Gasteiger partial charge in [-0.2, -0.15) is 15.0 Å². The molecule has 1 heterocycles. The number of hydrogen-bond donors (Lipinski definition) is 1. The van der Waals surface area contributed by atoms with E-state index < -0.39 is 17.2 Å². The molecule has 3 aliphatic rings. The third-order valence-electron chi connectivity index (χ3n) is 10.3. The number of Topliss-reactive ketones (excluding diaryl/α,β-unsaturated/α-hetero) is 1. The van der Waals surface area contributed by atoms with Crippen LogP contribution in [-0.4, -0.2) is 45.2 Å². The average molecular weight is 532 g/mol. The van der Waals surface area contributed by atoms with Crippen molar-refractivity contribution in [1.82, 2.24) is 15.0 Å². The maximum Gasteiger partial charge on any atom is 0.161 e. The molecular weight excluding hydrogens is 488 g/mol. The number of aromatic nitrogens is 3. The molecule has 1 aromatic heterocycles. The summed E-state index contributed by atoms with van der Waals surface area (Å²) >= 11 is 0. The summed E-state index contributed by atoms with van der Waals surface area (Å²) in [5, 5.41) is 19.5. The molecule has 0 saturated heterocycles. The van der Waals surface area contributed by atoms with E-state index in [1.165, 1.54) is 17.6 Å².